The lowest BCUT2D eigenvalue weighted by Crippen LogP contribution is -2.26. The minimum absolute atomic E-state index is 0.113. The Hall–Kier alpha value is -1.22. The van der Waals surface area contributed by atoms with E-state index in [1.807, 2.05) is 32.0 Å². The van der Waals surface area contributed by atoms with E-state index in [9.17, 15) is 5.11 Å². The predicted molar refractivity (Wildman–Crippen MR) is 71.4 cm³/mol. The van der Waals surface area contributed by atoms with Crippen LogP contribution in [0.25, 0.3) is 0 Å². The topological polar surface area (TPSA) is 38.7 Å². The van der Waals surface area contributed by atoms with Gasteiger partial charge in [-0.2, -0.15) is 0 Å². The minimum atomic E-state index is -0.260. The van der Waals surface area contributed by atoms with Crippen molar-refractivity contribution < 1.29 is 14.6 Å². The Morgan fingerprint density at radius 3 is 2.50 bits per heavy atom. The van der Waals surface area contributed by atoms with Crippen molar-refractivity contribution in [1.29, 1.82) is 0 Å². The molecule has 1 aromatic rings. The lowest BCUT2D eigenvalue weighted by Gasteiger charge is -2.29. The van der Waals surface area contributed by atoms with Crippen molar-refractivity contribution in [3.8, 4) is 11.5 Å². The Morgan fingerprint density at radius 2 is 2.00 bits per heavy atom. The second kappa shape index (κ2) is 5.19. The molecule has 18 heavy (non-hydrogen) atoms. The summed E-state index contributed by atoms with van der Waals surface area (Å²) in [5, 5.41) is 9.43. The molecule has 0 amide bonds. The summed E-state index contributed by atoms with van der Waals surface area (Å²) in [4.78, 5) is 0. The Morgan fingerprint density at radius 1 is 1.28 bits per heavy atom. The summed E-state index contributed by atoms with van der Waals surface area (Å²) in [6.45, 7) is 4.14. The molecule has 0 aliphatic heterocycles. The van der Waals surface area contributed by atoms with Gasteiger partial charge in [-0.05, 0) is 37.0 Å². The van der Waals surface area contributed by atoms with Gasteiger partial charge in [0, 0.05) is 5.41 Å². The maximum absolute atomic E-state index is 9.43. The fourth-order valence-corrected chi connectivity index (χ4v) is 1.95. The molecule has 0 radical (unpaired) electrons. The first-order valence-electron chi connectivity index (χ1n) is 6.53. The number of ether oxygens (including phenoxy) is 2. The highest BCUT2D eigenvalue weighted by molar-refractivity contribution is 5.45. The Kier molecular flexibility index (Phi) is 3.81. The van der Waals surface area contributed by atoms with E-state index in [4.69, 9.17) is 9.47 Å². The van der Waals surface area contributed by atoms with Gasteiger partial charge in [-0.1, -0.05) is 19.9 Å². The molecule has 0 aromatic heterocycles. The van der Waals surface area contributed by atoms with E-state index in [2.05, 4.69) is 0 Å². The Balaban J connectivity index is 2.26. The van der Waals surface area contributed by atoms with Gasteiger partial charge in [0.05, 0.1) is 19.8 Å². The minimum Gasteiger partial charge on any atom is -0.493 e. The van der Waals surface area contributed by atoms with Crippen LogP contribution in [0.2, 0.25) is 0 Å². The first-order chi connectivity index (χ1) is 8.56. The molecule has 1 fully saturated rings. The third kappa shape index (κ3) is 2.61. The molecular formula is C15H22O3. The van der Waals surface area contributed by atoms with Gasteiger partial charge < -0.3 is 14.6 Å². The smallest absolute Gasteiger partial charge is 0.161 e. The first-order valence-corrected chi connectivity index (χ1v) is 6.53. The van der Waals surface area contributed by atoms with Crippen LogP contribution in [0.1, 0.15) is 38.7 Å². The molecule has 0 bridgehead atoms. The quantitative estimate of drug-likeness (QED) is 0.873. The molecule has 0 heterocycles. The SMILES string of the molecule is COc1ccc(C(C)(C)CO)cc1OC1CCC1. The fraction of sp³-hybridized carbons (Fsp3) is 0.600. The molecule has 1 saturated carbocycles. The Labute approximate surface area is 109 Å². The zero-order valence-electron chi connectivity index (χ0n) is 11.4. The van der Waals surface area contributed by atoms with Crippen LogP contribution in [-0.4, -0.2) is 24.9 Å². The van der Waals surface area contributed by atoms with Crippen molar-refractivity contribution in [1.82, 2.24) is 0 Å². The summed E-state index contributed by atoms with van der Waals surface area (Å²) in [6.07, 6.45) is 3.81. The Bertz CT molecular complexity index is 408. The summed E-state index contributed by atoms with van der Waals surface area (Å²) >= 11 is 0. The molecule has 0 unspecified atom stereocenters. The highest BCUT2D eigenvalue weighted by Gasteiger charge is 2.24. The molecule has 100 valence electrons. The zero-order chi connectivity index (χ0) is 13.2. The van der Waals surface area contributed by atoms with Gasteiger partial charge in [0.25, 0.3) is 0 Å². The van der Waals surface area contributed by atoms with E-state index in [0.29, 0.717) is 6.10 Å². The largest absolute Gasteiger partial charge is 0.493 e. The van der Waals surface area contributed by atoms with E-state index < -0.39 is 0 Å². The monoisotopic (exact) mass is 250 g/mol. The van der Waals surface area contributed by atoms with Crippen LogP contribution >= 0.6 is 0 Å². The fourth-order valence-electron chi connectivity index (χ4n) is 1.95. The number of aliphatic hydroxyl groups is 1. The highest BCUT2D eigenvalue weighted by Crippen LogP contribution is 2.36. The van der Waals surface area contributed by atoms with Crippen molar-refractivity contribution in [2.45, 2.75) is 44.6 Å². The maximum Gasteiger partial charge on any atom is 0.161 e. The van der Waals surface area contributed by atoms with Crippen molar-refractivity contribution in [3.05, 3.63) is 23.8 Å². The molecule has 3 nitrogen and oxygen atoms in total. The first kappa shape index (κ1) is 13.2. The van der Waals surface area contributed by atoms with Crippen molar-refractivity contribution in [2.24, 2.45) is 0 Å². The molecule has 1 aliphatic rings. The van der Waals surface area contributed by atoms with Gasteiger partial charge in [-0.3, -0.25) is 0 Å². The van der Waals surface area contributed by atoms with Crippen LogP contribution in [0.3, 0.4) is 0 Å². The van der Waals surface area contributed by atoms with Crippen LogP contribution in [0, 0.1) is 0 Å². The molecule has 3 heteroatoms. The normalized spacial score (nSPS) is 16.2. The summed E-state index contributed by atoms with van der Waals surface area (Å²) in [6, 6.07) is 5.90. The third-order valence-electron chi connectivity index (χ3n) is 3.69. The standard InChI is InChI=1S/C15H22O3/c1-15(2,10-16)11-7-8-13(17-3)14(9-11)18-12-5-4-6-12/h7-9,12,16H,4-6,10H2,1-3H3. The third-order valence-corrected chi connectivity index (χ3v) is 3.69. The van der Waals surface area contributed by atoms with Crippen LogP contribution in [0.5, 0.6) is 11.5 Å². The van der Waals surface area contributed by atoms with Crippen LogP contribution in [0.4, 0.5) is 0 Å². The van der Waals surface area contributed by atoms with E-state index >= 15 is 0 Å². The second-order valence-electron chi connectivity index (χ2n) is 5.58. The predicted octanol–water partition coefficient (Wildman–Crippen LogP) is 2.90. The van der Waals surface area contributed by atoms with Crippen LogP contribution in [0.15, 0.2) is 18.2 Å². The lowest BCUT2D eigenvalue weighted by molar-refractivity contribution is 0.115. The van der Waals surface area contributed by atoms with Gasteiger partial charge in [-0.15, -0.1) is 0 Å². The molecular weight excluding hydrogens is 228 g/mol. The number of benzene rings is 1. The second-order valence-corrected chi connectivity index (χ2v) is 5.58. The number of methoxy groups -OCH3 is 1. The van der Waals surface area contributed by atoms with E-state index in [-0.39, 0.29) is 12.0 Å². The molecule has 0 spiro atoms. The van der Waals surface area contributed by atoms with Crippen LogP contribution < -0.4 is 9.47 Å². The molecule has 1 aromatic carbocycles. The summed E-state index contributed by atoms with van der Waals surface area (Å²) in [7, 11) is 1.65. The van der Waals surface area contributed by atoms with E-state index in [1.165, 1.54) is 6.42 Å². The van der Waals surface area contributed by atoms with Gasteiger partial charge in [0.2, 0.25) is 0 Å². The zero-order valence-corrected chi connectivity index (χ0v) is 11.4. The lowest BCUT2D eigenvalue weighted by atomic mass is 9.85. The number of hydrogen-bond donors (Lipinski definition) is 1. The summed E-state index contributed by atoms with van der Waals surface area (Å²) in [5.41, 5.74) is 0.810. The molecule has 0 atom stereocenters. The van der Waals surface area contributed by atoms with Crippen molar-refractivity contribution in [3.63, 3.8) is 0 Å². The van der Waals surface area contributed by atoms with E-state index in [0.717, 1.165) is 29.9 Å². The summed E-state index contributed by atoms with van der Waals surface area (Å²) < 4.78 is 11.3. The van der Waals surface area contributed by atoms with Crippen LogP contribution in [-0.2, 0) is 5.41 Å². The highest BCUT2D eigenvalue weighted by atomic mass is 16.5. The molecule has 0 saturated heterocycles. The average molecular weight is 250 g/mol. The van der Waals surface area contributed by atoms with Crippen molar-refractivity contribution in [2.75, 3.05) is 13.7 Å². The van der Waals surface area contributed by atoms with Crippen molar-refractivity contribution >= 4 is 0 Å². The molecule has 2 rings (SSSR count). The van der Waals surface area contributed by atoms with Gasteiger partial charge >= 0.3 is 0 Å². The molecule has 1 N–H and O–H groups in total. The van der Waals surface area contributed by atoms with Gasteiger partial charge in [0.1, 0.15) is 0 Å². The number of hydrogen-bond acceptors (Lipinski definition) is 3. The average Bonchev–Trinajstić information content (AvgIpc) is 2.33. The number of aliphatic hydroxyl groups excluding tert-OH is 1. The van der Waals surface area contributed by atoms with E-state index in [1.54, 1.807) is 7.11 Å². The maximum atomic E-state index is 9.43. The molecule has 1 aliphatic carbocycles. The number of rotatable bonds is 5. The van der Waals surface area contributed by atoms with Gasteiger partial charge in [-0.25, -0.2) is 0 Å². The van der Waals surface area contributed by atoms with Gasteiger partial charge in [0.15, 0.2) is 11.5 Å². The summed E-state index contributed by atoms with van der Waals surface area (Å²) in [5.74, 6) is 1.56.